The molecule has 1 unspecified atom stereocenters. The van der Waals surface area contributed by atoms with Gasteiger partial charge in [0.05, 0.1) is 25.6 Å². The Hall–Kier alpha value is -2.04. The number of hydrogen-bond acceptors (Lipinski definition) is 4. The molecule has 2 fully saturated rings. The molecule has 1 aliphatic carbocycles. The van der Waals surface area contributed by atoms with Gasteiger partial charge in [-0.15, -0.1) is 0 Å². The molecule has 2 aliphatic rings. The molecular weight excluding hydrogens is 342 g/mol. The smallest absolute Gasteiger partial charge is 0.309 e. The fourth-order valence-corrected chi connectivity index (χ4v) is 4.51. The summed E-state index contributed by atoms with van der Waals surface area (Å²) < 4.78 is 10.4. The van der Waals surface area contributed by atoms with Crippen LogP contribution in [0.1, 0.15) is 56.9 Å². The minimum Gasteiger partial charge on any atom is -0.497 e. The minimum absolute atomic E-state index is 0.0695. The van der Waals surface area contributed by atoms with Gasteiger partial charge in [-0.1, -0.05) is 25.0 Å². The van der Waals surface area contributed by atoms with E-state index in [0.717, 1.165) is 24.2 Å². The summed E-state index contributed by atoms with van der Waals surface area (Å²) >= 11 is 0. The lowest BCUT2D eigenvalue weighted by molar-refractivity contribution is -0.151. The van der Waals surface area contributed by atoms with Crippen LogP contribution >= 0.6 is 0 Å². The van der Waals surface area contributed by atoms with E-state index in [-0.39, 0.29) is 23.7 Å². The third-order valence-corrected chi connectivity index (χ3v) is 6.04. The van der Waals surface area contributed by atoms with Crippen LogP contribution in [0.25, 0.3) is 0 Å². The fraction of sp³-hybridized carbons (Fsp3) is 0.636. The van der Waals surface area contributed by atoms with E-state index >= 15 is 0 Å². The second-order valence-electron chi connectivity index (χ2n) is 7.65. The Kier molecular flexibility index (Phi) is 6.75. The molecule has 148 valence electrons. The second-order valence-corrected chi connectivity index (χ2v) is 7.65. The van der Waals surface area contributed by atoms with Gasteiger partial charge < -0.3 is 14.4 Å². The topological polar surface area (TPSA) is 55.8 Å². The summed E-state index contributed by atoms with van der Waals surface area (Å²) in [6.07, 6.45) is 6.03. The molecular formula is C22H31NO4. The fourth-order valence-electron chi connectivity index (χ4n) is 4.51. The Morgan fingerprint density at radius 1 is 1.07 bits per heavy atom. The van der Waals surface area contributed by atoms with Crippen LogP contribution in [0.5, 0.6) is 5.75 Å². The molecule has 27 heavy (non-hydrogen) atoms. The number of carbonyl (C=O) groups excluding carboxylic acids is 2. The zero-order valence-electron chi connectivity index (χ0n) is 16.5. The van der Waals surface area contributed by atoms with Crippen LogP contribution in [0.2, 0.25) is 0 Å². The second kappa shape index (κ2) is 9.25. The van der Waals surface area contributed by atoms with E-state index in [1.165, 1.54) is 12.8 Å². The molecule has 1 amide bonds. The summed E-state index contributed by atoms with van der Waals surface area (Å²) in [4.78, 5) is 27.3. The van der Waals surface area contributed by atoms with Crippen molar-refractivity contribution in [2.75, 3.05) is 26.8 Å². The van der Waals surface area contributed by atoms with Gasteiger partial charge in [0.1, 0.15) is 5.75 Å². The van der Waals surface area contributed by atoms with Crippen molar-refractivity contribution in [2.45, 2.75) is 51.4 Å². The van der Waals surface area contributed by atoms with Crippen LogP contribution in [-0.4, -0.2) is 43.6 Å². The maximum absolute atomic E-state index is 13.4. The number of likely N-dealkylation sites (tertiary alicyclic amines) is 1. The molecule has 5 heteroatoms. The molecule has 1 aliphatic heterocycles. The lowest BCUT2D eigenvalue weighted by Crippen LogP contribution is -2.44. The number of benzene rings is 1. The summed E-state index contributed by atoms with van der Waals surface area (Å²) in [7, 11) is 1.66. The molecule has 5 nitrogen and oxygen atoms in total. The van der Waals surface area contributed by atoms with Crippen molar-refractivity contribution in [2.24, 2.45) is 11.8 Å². The number of nitrogens with zero attached hydrogens (tertiary/aromatic N) is 1. The van der Waals surface area contributed by atoms with Crippen molar-refractivity contribution in [3.05, 3.63) is 29.8 Å². The van der Waals surface area contributed by atoms with Crippen molar-refractivity contribution < 1.29 is 19.1 Å². The standard InChI is InChI=1S/C22H31NO4/c1-3-27-22(25)18-12-14-23(15-13-18)21(24)20(16-6-4-5-7-16)17-8-10-19(26-2)11-9-17/h8-11,16,18,20H,3-7,12-15H2,1-2H3. The third kappa shape index (κ3) is 4.63. The van der Waals surface area contributed by atoms with Crippen molar-refractivity contribution in [3.63, 3.8) is 0 Å². The third-order valence-electron chi connectivity index (χ3n) is 6.04. The van der Waals surface area contributed by atoms with Gasteiger partial charge >= 0.3 is 5.97 Å². The Morgan fingerprint density at radius 2 is 1.70 bits per heavy atom. The Balaban J connectivity index is 1.71. The van der Waals surface area contributed by atoms with Crippen molar-refractivity contribution in [1.29, 1.82) is 0 Å². The van der Waals surface area contributed by atoms with Crippen LogP contribution in [0, 0.1) is 11.8 Å². The van der Waals surface area contributed by atoms with E-state index in [1.807, 2.05) is 36.1 Å². The van der Waals surface area contributed by atoms with E-state index < -0.39 is 0 Å². The quantitative estimate of drug-likeness (QED) is 0.712. The van der Waals surface area contributed by atoms with Gasteiger partial charge in [0.15, 0.2) is 0 Å². The number of ether oxygens (including phenoxy) is 2. The van der Waals surface area contributed by atoms with Gasteiger partial charge in [-0.3, -0.25) is 9.59 Å². The summed E-state index contributed by atoms with van der Waals surface area (Å²) in [6, 6.07) is 7.95. The normalized spacial score (nSPS) is 19.7. The summed E-state index contributed by atoms with van der Waals surface area (Å²) in [5, 5.41) is 0. The Labute approximate surface area is 162 Å². The van der Waals surface area contributed by atoms with E-state index in [0.29, 0.717) is 38.5 Å². The first-order chi connectivity index (χ1) is 13.1. The monoisotopic (exact) mass is 373 g/mol. The molecule has 1 saturated carbocycles. The molecule has 0 aromatic heterocycles. The molecule has 0 bridgehead atoms. The first-order valence-electron chi connectivity index (χ1n) is 10.2. The molecule has 1 aromatic rings. The molecule has 0 spiro atoms. The van der Waals surface area contributed by atoms with E-state index in [4.69, 9.17) is 9.47 Å². The predicted octanol–water partition coefficient (Wildman–Crippen LogP) is 3.77. The predicted molar refractivity (Wildman–Crippen MR) is 104 cm³/mol. The number of carbonyl (C=O) groups is 2. The van der Waals surface area contributed by atoms with Crippen molar-refractivity contribution >= 4 is 11.9 Å². The van der Waals surface area contributed by atoms with Crippen LogP contribution in [0.15, 0.2) is 24.3 Å². The summed E-state index contributed by atoms with van der Waals surface area (Å²) in [6.45, 7) is 3.53. The average Bonchev–Trinajstić information content (AvgIpc) is 3.23. The number of esters is 1. The lowest BCUT2D eigenvalue weighted by atomic mass is 9.83. The number of rotatable bonds is 6. The van der Waals surface area contributed by atoms with E-state index in [2.05, 4.69) is 0 Å². The minimum atomic E-state index is -0.118. The van der Waals surface area contributed by atoms with Gasteiger partial charge in [-0.05, 0) is 56.2 Å². The number of methoxy groups -OCH3 is 1. The maximum atomic E-state index is 13.4. The van der Waals surface area contributed by atoms with Gasteiger partial charge in [-0.2, -0.15) is 0 Å². The maximum Gasteiger partial charge on any atom is 0.309 e. The highest BCUT2D eigenvalue weighted by atomic mass is 16.5. The Morgan fingerprint density at radius 3 is 2.26 bits per heavy atom. The number of piperidine rings is 1. The van der Waals surface area contributed by atoms with Crippen LogP contribution in [0.4, 0.5) is 0 Å². The van der Waals surface area contributed by atoms with Gasteiger partial charge in [0.25, 0.3) is 0 Å². The molecule has 0 radical (unpaired) electrons. The van der Waals surface area contributed by atoms with Gasteiger partial charge in [-0.25, -0.2) is 0 Å². The molecule has 1 aromatic carbocycles. The highest BCUT2D eigenvalue weighted by Crippen LogP contribution is 2.39. The highest BCUT2D eigenvalue weighted by Gasteiger charge is 2.37. The number of hydrogen-bond donors (Lipinski definition) is 0. The van der Waals surface area contributed by atoms with Crippen LogP contribution in [-0.2, 0) is 14.3 Å². The first-order valence-corrected chi connectivity index (χ1v) is 10.2. The number of amides is 1. The van der Waals surface area contributed by atoms with Crippen molar-refractivity contribution in [3.8, 4) is 5.75 Å². The van der Waals surface area contributed by atoms with E-state index in [1.54, 1.807) is 7.11 Å². The molecule has 1 heterocycles. The molecule has 1 atom stereocenters. The van der Waals surface area contributed by atoms with Crippen LogP contribution < -0.4 is 4.74 Å². The zero-order chi connectivity index (χ0) is 19.2. The summed E-state index contributed by atoms with van der Waals surface area (Å²) in [5.74, 6) is 1.17. The average molecular weight is 373 g/mol. The zero-order valence-corrected chi connectivity index (χ0v) is 16.5. The van der Waals surface area contributed by atoms with Gasteiger partial charge in [0, 0.05) is 13.1 Å². The van der Waals surface area contributed by atoms with Gasteiger partial charge in [0.2, 0.25) is 5.91 Å². The Bertz CT molecular complexity index is 628. The highest BCUT2D eigenvalue weighted by molar-refractivity contribution is 5.84. The van der Waals surface area contributed by atoms with E-state index in [9.17, 15) is 9.59 Å². The first kappa shape index (κ1) is 19.7. The molecule has 3 rings (SSSR count). The van der Waals surface area contributed by atoms with Crippen molar-refractivity contribution in [1.82, 2.24) is 4.90 Å². The molecule has 0 N–H and O–H groups in total. The van der Waals surface area contributed by atoms with Crippen LogP contribution in [0.3, 0.4) is 0 Å². The largest absolute Gasteiger partial charge is 0.497 e. The molecule has 1 saturated heterocycles. The summed E-state index contributed by atoms with van der Waals surface area (Å²) in [5.41, 5.74) is 1.08. The lowest BCUT2D eigenvalue weighted by Gasteiger charge is -2.35. The SMILES string of the molecule is CCOC(=O)C1CCN(C(=O)C(c2ccc(OC)cc2)C2CCCC2)CC1.